The van der Waals surface area contributed by atoms with Gasteiger partial charge in [-0.2, -0.15) is 11.8 Å². The lowest BCUT2D eigenvalue weighted by atomic mass is 9.69. The van der Waals surface area contributed by atoms with Crippen LogP contribution in [-0.2, 0) is 14.3 Å². The number of hydrogen-bond donors (Lipinski definition) is 0. The number of aliphatic imine (C=N–C) groups is 1. The van der Waals surface area contributed by atoms with E-state index in [1.807, 2.05) is 25.1 Å². The van der Waals surface area contributed by atoms with Gasteiger partial charge in [0.15, 0.2) is 17.3 Å². The fourth-order valence-electron chi connectivity index (χ4n) is 5.21. The molecule has 0 saturated heterocycles. The number of methoxy groups -OCH3 is 2. The van der Waals surface area contributed by atoms with Gasteiger partial charge in [-0.05, 0) is 54.3 Å². The van der Waals surface area contributed by atoms with Crippen molar-refractivity contribution < 1.29 is 28.2 Å². The minimum Gasteiger partial charge on any atom is -0.493 e. The summed E-state index contributed by atoms with van der Waals surface area (Å²) >= 11 is 1.67. The van der Waals surface area contributed by atoms with Gasteiger partial charge in [-0.3, -0.25) is 14.6 Å². The lowest BCUT2D eigenvalue weighted by Gasteiger charge is -2.36. The van der Waals surface area contributed by atoms with Gasteiger partial charge in [-0.25, -0.2) is 4.39 Å². The number of hydrogen-bond acceptors (Lipinski definition) is 7. The highest BCUT2D eigenvalue weighted by molar-refractivity contribution is 7.99. The van der Waals surface area contributed by atoms with Crippen LogP contribution in [0.2, 0.25) is 0 Å². The summed E-state index contributed by atoms with van der Waals surface area (Å²) in [4.78, 5) is 31.7. The lowest BCUT2D eigenvalue weighted by molar-refractivity contribution is -0.145. The minimum atomic E-state index is -0.858. The summed E-state index contributed by atoms with van der Waals surface area (Å²) in [6.45, 7) is 4.05. The number of Topliss-reactive ketones (excluding diaryl/α,β-unsaturated/α-hetero) is 1. The molecule has 196 valence electrons. The van der Waals surface area contributed by atoms with Crippen LogP contribution in [0.3, 0.4) is 0 Å². The average molecular weight is 526 g/mol. The fraction of sp³-hybridized carbons (Fsp3) is 0.414. The molecule has 0 radical (unpaired) electrons. The Kier molecular flexibility index (Phi) is 8.69. The molecule has 0 bridgehead atoms. The van der Waals surface area contributed by atoms with Gasteiger partial charge in [0, 0.05) is 35.1 Å². The third-order valence-electron chi connectivity index (χ3n) is 6.94. The van der Waals surface area contributed by atoms with E-state index in [2.05, 4.69) is 0 Å². The highest BCUT2D eigenvalue weighted by Gasteiger charge is 2.45. The van der Waals surface area contributed by atoms with Crippen molar-refractivity contribution >= 4 is 29.2 Å². The smallest absolute Gasteiger partial charge is 0.315 e. The summed E-state index contributed by atoms with van der Waals surface area (Å²) in [5.74, 6) is -0.0375. The Morgan fingerprint density at radius 3 is 2.57 bits per heavy atom. The first-order valence-electron chi connectivity index (χ1n) is 12.4. The molecule has 2 aromatic rings. The topological polar surface area (TPSA) is 74.2 Å². The molecule has 0 fully saturated rings. The molecule has 2 aliphatic rings. The van der Waals surface area contributed by atoms with Crippen LogP contribution in [0.15, 0.2) is 58.7 Å². The average Bonchev–Trinajstić information content (AvgIpc) is 2.90. The van der Waals surface area contributed by atoms with Crippen molar-refractivity contribution in [2.45, 2.75) is 38.5 Å². The Morgan fingerprint density at radius 1 is 1.11 bits per heavy atom. The minimum absolute atomic E-state index is 0.126. The molecule has 0 spiro atoms. The van der Waals surface area contributed by atoms with Gasteiger partial charge < -0.3 is 14.2 Å². The van der Waals surface area contributed by atoms with Crippen LogP contribution in [0.5, 0.6) is 11.5 Å². The van der Waals surface area contributed by atoms with Crippen LogP contribution >= 0.6 is 11.8 Å². The molecule has 2 aromatic carbocycles. The van der Waals surface area contributed by atoms with Crippen molar-refractivity contribution in [3.05, 3.63) is 70.7 Å². The fourth-order valence-corrected chi connectivity index (χ4v) is 5.70. The number of ketones is 1. The number of carbonyl (C=O) groups excluding carboxylic acids is 2. The van der Waals surface area contributed by atoms with E-state index in [0.717, 1.165) is 11.3 Å². The molecule has 0 amide bonds. The van der Waals surface area contributed by atoms with Gasteiger partial charge in [0.1, 0.15) is 18.3 Å². The largest absolute Gasteiger partial charge is 0.493 e. The summed E-state index contributed by atoms with van der Waals surface area (Å²) in [5.41, 5.74) is 2.79. The van der Waals surface area contributed by atoms with Crippen LogP contribution in [0.25, 0.3) is 0 Å². The SMILES string of the molecule is CCSCCOC(=O)C1C(C)=NC2=C(C(=O)C[C@@H](c3ccc(OC)c(OC)c3)C2)[C@H]1c1ccccc1F. The van der Waals surface area contributed by atoms with E-state index in [9.17, 15) is 9.59 Å². The number of ether oxygens (including phenoxy) is 3. The van der Waals surface area contributed by atoms with Crippen LogP contribution in [-0.4, -0.2) is 49.8 Å². The van der Waals surface area contributed by atoms with Gasteiger partial charge in [-0.1, -0.05) is 31.2 Å². The van der Waals surface area contributed by atoms with Gasteiger partial charge in [0.05, 0.1) is 14.2 Å². The van der Waals surface area contributed by atoms with Gasteiger partial charge in [-0.15, -0.1) is 0 Å². The van der Waals surface area contributed by atoms with E-state index in [1.165, 1.54) is 6.07 Å². The molecule has 0 aromatic heterocycles. The Morgan fingerprint density at radius 2 is 1.86 bits per heavy atom. The molecule has 4 rings (SSSR count). The summed E-state index contributed by atoms with van der Waals surface area (Å²) < 4.78 is 31.5. The zero-order valence-corrected chi connectivity index (χ0v) is 22.4. The molecule has 6 nitrogen and oxygen atoms in total. The summed E-state index contributed by atoms with van der Waals surface area (Å²) in [6.07, 6.45) is 0.719. The van der Waals surface area contributed by atoms with Crippen molar-refractivity contribution in [2.75, 3.05) is 32.3 Å². The number of benzene rings is 2. The Labute approximate surface area is 221 Å². The Hall–Kier alpha value is -3.13. The first-order valence-corrected chi connectivity index (χ1v) is 13.6. The molecule has 1 aliphatic heterocycles. The van der Waals surface area contributed by atoms with Gasteiger partial charge in [0.25, 0.3) is 0 Å². The molecule has 0 N–H and O–H groups in total. The molecule has 1 unspecified atom stereocenters. The van der Waals surface area contributed by atoms with Crippen molar-refractivity contribution in [3.63, 3.8) is 0 Å². The second-order valence-electron chi connectivity index (χ2n) is 9.10. The summed E-state index contributed by atoms with van der Waals surface area (Å²) in [7, 11) is 3.15. The van der Waals surface area contributed by atoms with Crippen molar-refractivity contribution in [1.82, 2.24) is 0 Å². The van der Waals surface area contributed by atoms with Crippen LogP contribution in [0.1, 0.15) is 49.7 Å². The summed E-state index contributed by atoms with van der Waals surface area (Å²) in [5, 5.41) is 0. The van der Waals surface area contributed by atoms with E-state index in [-0.39, 0.29) is 24.7 Å². The number of thioether (sulfide) groups is 1. The Bertz CT molecular complexity index is 1240. The van der Waals surface area contributed by atoms with E-state index >= 15 is 4.39 Å². The zero-order valence-electron chi connectivity index (χ0n) is 21.6. The first kappa shape index (κ1) is 26.9. The number of rotatable bonds is 9. The summed E-state index contributed by atoms with van der Waals surface area (Å²) in [6, 6.07) is 11.9. The number of carbonyl (C=O) groups is 2. The molecule has 3 atom stereocenters. The molecule has 37 heavy (non-hydrogen) atoms. The van der Waals surface area contributed by atoms with Crippen LogP contribution in [0, 0.1) is 11.7 Å². The number of halogens is 1. The van der Waals surface area contributed by atoms with Crippen molar-refractivity contribution in [2.24, 2.45) is 10.9 Å². The van der Waals surface area contributed by atoms with Gasteiger partial charge in [0.2, 0.25) is 0 Å². The van der Waals surface area contributed by atoms with E-state index in [4.69, 9.17) is 19.2 Å². The highest BCUT2D eigenvalue weighted by Crippen LogP contribution is 2.48. The van der Waals surface area contributed by atoms with Crippen molar-refractivity contribution in [1.29, 1.82) is 0 Å². The predicted molar refractivity (Wildman–Crippen MR) is 143 cm³/mol. The van der Waals surface area contributed by atoms with Crippen LogP contribution < -0.4 is 9.47 Å². The van der Waals surface area contributed by atoms with E-state index < -0.39 is 23.6 Å². The van der Waals surface area contributed by atoms with E-state index in [0.29, 0.717) is 46.2 Å². The molecular formula is C29H32FNO5S. The Balaban J connectivity index is 1.72. The first-order chi connectivity index (χ1) is 17.9. The zero-order chi connectivity index (χ0) is 26.5. The third kappa shape index (κ3) is 5.59. The quantitative estimate of drug-likeness (QED) is 0.308. The van der Waals surface area contributed by atoms with Gasteiger partial charge >= 0.3 is 5.97 Å². The predicted octanol–water partition coefficient (Wildman–Crippen LogP) is 5.71. The molecule has 1 heterocycles. The normalized spacial score (nSPS) is 21.3. The standard InChI is InChI=1S/C29H32FNO5S/c1-5-37-13-12-36-29(33)26-17(2)31-22-14-19(18-10-11-24(34-3)25(16-18)35-4)15-23(32)28(22)27(26)20-8-6-7-9-21(20)30/h6-11,16,19,26-27H,5,12-15H2,1-4H3/t19-,26?,27-/m0/s1. The number of nitrogens with zero attached hydrogens (tertiary/aromatic N) is 1. The maximum Gasteiger partial charge on any atom is 0.315 e. The van der Waals surface area contributed by atoms with Crippen LogP contribution in [0.4, 0.5) is 4.39 Å². The maximum absolute atomic E-state index is 15.1. The monoisotopic (exact) mass is 525 g/mol. The second kappa shape index (κ2) is 11.9. The molecular weight excluding hydrogens is 493 g/mol. The van der Waals surface area contributed by atoms with Crippen molar-refractivity contribution in [3.8, 4) is 11.5 Å². The molecule has 8 heteroatoms. The molecule has 0 saturated carbocycles. The van der Waals surface area contributed by atoms with E-state index in [1.54, 1.807) is 51.1 Å². The lowest BCUT2D eigenvalue weighted by Crippen LogP contribution is -2.38. The number of esters is 1. The maximum atomic E-state index is 15.1. The second-order valence-corrected chi connectivity index (χ2v) is 10.5. The molecule has 1 aliphatic carbocycles. The number of allylic oxidation sites excluding steroid dienone is 2. The highest BCUT2D eigenvalue weighted by atomic mass is 32.2. The third-order valence-corrected chi connectivity index (χ3v) is 7.80.